The van der Waals surface area contributed by atoms with E-state index < -0.39 is 0 Å². The Hall–Kier alpha value is -1.19. The highest BCUT2D eigenvalue weighted by Gasteiger charge is 2.09. The standard InChI is InChI=1S/C12H14N2S/c1-13-12(9-11-3-2-8-15-11)10-4-6-14-7-5-10/h2-8,12-13H,9H2,1H3. The van der Waals surface area contributed by atoms with E-state index in [0.717, 1.165) is 6.42 Å². The molecule has 1 atom stereocenters. The maximum absolute atomic E-state index is 4.03. The Bertz CT molecular complexity index is 383. The van der Waals surface area contributed by atoms with Gasteiger partial charge in [0.2, 0.25) is 0 Å². The summed E-state index contributed by atoms with van der Waals surface area (Å²) < 4.78 is 0. The van der Waals surface area contributed by atoms with Gasteiger partial charge in [0, 0.05) is 29.7 Å². The van der Waals surface area contributed by atoms with Gasteiger partial charge in [-0.3, -0.25) is 4.98 Å². The van der Waals surface area contributed by atoms with E-state index in [9.17, 15) is 0 Å². The second kappa shape index (κ2) is 5.05. The third-order valence-electron chi connectivity index (χ3n) is 2.44. The van der Waals surface area contributed by atoms with Crippen molar-refractivity contribution in [3.63, 3.8) is 0 Å². The summed E-state index contributed by atoms with van der Waals surface area (Å²) in [6.07, 6.45) is 4.72. The Kier molecular flexibility index (Phi) is 3.48. The zero-order valence-electron chi connectivity index (χ0n) is 8.68. The molecule has 2 aromatic rings. The van der Waals surface area contributed by atoms with Crippen LogP contribution < -0.4 is 5.32 Å². The van der Waals surface area contributed by atoms with E-state index in [4.69, 9.17) is 0 Å². The van der Waals surface area contributed by atoms with Crippen molar-refractivity contribution in [2.75, 3.05) is 7.05 Å². The van der Waals surface area contributed by atoms with Crippen molar-refractivity contribution in [2.45, 2.75) is 12.5 Å². The molecule has 2 rings (SSSR count). The van der Waals surface area contributed by atoms with Gasteiger partial charge < -0.3 is 5.32 Å². The smallest absolute Gasteiger partial charge is 0.0367 e. The molecule has 0 saturated carbocycles. The predicted molar refractivity (Wildman–Crippen MR) is 64.1 cm³/mol. The zero-order chi connectivity index (χ0) is 10.5. The van der Waals surface area contributed by atoms with Crippen molar-refractivity contribution in [1.82, 2.24) is 10.3 Å². The number of likely N-dealkylation sites (N-methyl/N-ethyl adjacent to an activating group) is 1. The fourth-order valence-electron chi connectivity index (χ4n) is 1.61. The number of hydrogen-bond acceptors (Lipinski definition) is 3. The number of hydrogen-bond donors (Lipinski definition) is 1. The van der Waals surface area contributed by atoms with Gasteiger partial charge in [-0.05, 0) is 36.2 Å². The van der Waals surface area contributed by atoms with E-state index in [2.05, 4.69) is 39.9 Å². The van der Waals surface area contributed by atoms with E-state index in [1.165, 1.54) is 10.4 Å². The van der Waals surface area contributed by atoms with Crippen molar-refractivity contribution in [3.05, 3.63) is 52.5 Å². The van der Waals surface area contributed by atoms with E-state index in [1.54, 1.807) is 11.3 Å². The Morgan fingerprint density at radius 3 is 2.73 bits per heavy atom. The van der Waals surface area contributed by atoms with E-state index in [-0.39, 0.29) is 0 Å². The minimum absolute atomic E-state index is 0.381. The van der Waals surface area contributed by atoms with Crippen LogP contribution in [0.5, 0.6) is 0 Å². The maximum atomic E-state index is 4.03. The highest BCUT2D eigenvalue weighted by molar-refractivity contribution is 7.09. The Labute approximate surface area is 94.0 Å². The fourth-order valence-corrected chi connectivity index (χ4v) is 2.36. The molecule has 0 aromatic carbocycles. The van der Waals surface area contributed by atoms with Gasteiger partial charge in [0.25, 0.3) is 0 Å². The zero-order valence-corrected chi connectivity index (χ0v) is 9.50. The van der Waals surface area contributed by atoms with E-state index in [0.29, 0.717) is 6.04 Å². The lowest BCUT2D eigenvalue weighted by Gasteiger charge is -2.15. The van der Waals surface area contributed by atoms with Gasteiger partial charge in [-0.15, -0.1) is 11.3 Å². The molecule has 0 saturated heterocycles. The summed E-state index contributed by atoms with van der Waals surface area (Å²) in [4.78, 5) is 5.44. The molecular formula is C12H14N2S. The molecule has 0 aliphatic carbocycles. The molecular weight excluding hydrogens is 204 g/mol. The summed E-state index contributed by atoms with van der Waals surface area (Å²) in [6.45, 7) is 0. The Morgan fingerprint density at radius 2 is 2.13 bits per heavy atom. The first-order valence-electron chi connectivity index (χ1n) is 4.99. The molecule has 0 fully saturated rings. The molecule has 1 N–H and O–H groups in total. The number of thiophene rings is 1. The molecule has 15 heavy (non-hydrogen) atoms. The van der Waals surface area contributed by atoms with Crippen LogP contribution in [0.2, 0.25) is 0 Å². The van der Waals surface area contributed by atoms with Crippen molar-refractivity contribution >= 4 is 11.3 Å². The molecule has 0 aliphatic rings. The second-order valence-electron chi connectivity index (χ2n) is 3.41. The van der Waals surface area contributed by atoms with Crippen LogP contribution in [0, 0.1) is 0 Å². The lowest BCUT2D eigenvalue weighted by molar-refractivity contribution is 0.596. The Morgan fingerprint density at radius 1 is 1.33 bits per heavy atom. The van der Waals surface area contributed by atoms with Gasteiger partial charge in [-0.1, -0.05) is 6.07 Å². The van der Waals surface area contributed by atoms with Gasteiger partial charge in [0.15, 0.2) is 0 Å². The van der Waals surface area contributed by atoms with Gasteiger partial charge in [0.05, 0.1) is 0 Å². The third-order valence-corrected chi connectivity index (χ3v) is 3.34. The maximum Gasteiger partial charge on any atom is 0.0367 e. The van der Waals surface area contributed by atoms with Crippen molar-refractivity contribution in [2.24, 2.45) is 0 Å². The number of aromatic nitrogens is 1. The van der Waals surface area contributed by atoms with Crippen LogP contribution in [-0.4, -0.2) is 12.0 Å². The summed E-state index contributed by atoms with van der Waals surface area (Å²) in [5.41, 5.74) is 1.29. The molecule has 0 aliphatic heterocycles. The Balaban J connectivity index is 2.12. The predicted octanol–water partition coefficient (Wildman–Crippen LogP) is 2.65. The average Bonchev–Trinajstić information content (AvgIpc) is 2.80. The average molecular weight is 218 g/mol. The van der Waals surface area contributed by atoms with E-state index >= 15 is 0 Å². The number of nitrogens with one attached hydrogen (secondary N) is 1. The molecule has 2 heterocycles. The third kappa shape index (κ3) is 2.64. The first-order valence-corrected chi connectivity index (χ1v) is 5.87. The SMILES string of the molecule is CNC(Cc1cccs1)c1ccncc1. The minimum atomic E-state index is 0.381. The van der Waals surface area contributed by atoms with E-state index in [1.807, 2.05) is 19.4 Å². The first kappa shape index (κ1) is 10.3. The normalized spacial score (nSPS) is 12.6. The second-order valence-corrected chi connectivity index (χ2v) is 4.44. The molecule has 0 amide bonds. The molecule has 2 aromatic heterocycles. The molecule has 0 bridgehead atoms. The van der Waals surface area contributed by atoms with Gasteiger partial charge in [0.1, 0.15) is 0 Å². The lowest BCUT2D eigenvalue weighted by atomic mass is 10.0. The molecule has 78 valence electrons. The highest BCUT2D eigenvalue weighted by atomic mass is 32.1. The molecule has 3 heteroatoms. The van der Waals surface area contributed by atoms with Crippen LogP contribution >= 0.6 is 11.3 Å². The van der Waals surface area contributed by atoms with Gasteiger partial charge >= 0.3 is 0 Å². The summed E-state index contributed by atoms with van der Waals surface area (Å²) in [5, 5.41) is 5.46. The van der Waals surface area contributed by atoms with Crippen molar-refractivity contribution < 1.29 is 0 Å². The van der Waals surface area contributed by atoms with Gasteiger partial charge in [-0.25, -0.2) is 0 Å². The largest absolute Gasteiger partial charge is 0.313 e. The van der Waals surface area contributed by atoms with Crippen LogP contribution in [0.4, 0.5) is 0 Å². The quantitative estimate of drug-likeness (QED) is 0.853. The van der Waals surface area contributed by atoms with Crippen LogP contribution in [-0.2, 0) is 6.42 Å². The van der Waals surface area contributed by atoms with Gasteiger partial charge in [-0.2, -0.15) is 0 Å². The van der Waals surface area contributed by atoms with Crippen molar-refractivity contribution in [3.8, 4) is 0 Å². The lowest BCUT2D eigenvalue weighted by Crippen LogP contribution is -2.18. The van der Waals surface area contributed by atoms with Crippen LogP contribution in [0.3, 0.4) is 0 Å². The molecule has 1 unspecified atom stereocenters. The van der Waals surface area contributed by atoms with Crippen LogP contribution in [0.15, 0.2) is 42.0 Å². The molecule has 2 nitrogen and oxygen atoms in total. The summed E-state index contributed by atoms with van der Waals surface area (Å²) in [6, 6.07) is 8.78. The monoisotopic (exact) mass is 218 g/mol. The van der Waals surface area contributed by atoms with Crippen molar-refractivity contribution in [1.29, 1.82) is 0 Å². The summed E-state index contributed by atoms with van der Waals surface area (Å²) in [5.74, 6) is 0. The highest BCUT2D eigenvalue weighted by Crippen LogP contribution is 2.20. The number of rotatable bonds is 4. The molecule has 0 spiro atoms. The first-order chi connectivity index (χ1) is 7.40. The number of pyridine rings is 1. The summed E-state index contributed by atoms with van der Waals surface area (Å²) in [7, 11) is 2.00. The van der Waals surface area contributed by atoms with Crippen LogP contribution in [0.1, 0.15) is 16.5 Å². The minimum Gasteiger partial charge on any atom is -0.313 e. The molecule has 0 radical (unpaired) electrons. The van der Waals surface area contributed by atoms with Crippen LogP contribution in [0.25, 0.3) is 0 Å². The fraction of sp³-hybridized carbons (Fsp3) is 0.250. The summed E-state index contributed by atoms with van der Waals surface area (Å²) >= 11 is 1.81. The topological polar surface area (TPSA) is 24.9 Å². The number of nitrogens with zero attached hydrogens (tertiary/aromatic N) is 1.